The normalized spacial score (nSPS) is 11.9. The van der Waals surface area contributed by atoms with Gasteiger partial charge in [0.1, 0.15) is 0 Å². The van der Waals surface area contributed by atoms with Crippen molar-refractivity contribution in [3.05, 3.63) is 23.0 Å². The monoisotopic (exact) mass is 237 g/mol. The third-order valence-corrected chi connectivity index (χ3v) is 3.02. The number of aryl methyl sites for hydroxylation is 1. The second-order valence-electron chi connectivity index (χ2n) is 5.51. The average molecular weight is 237 g/mol. The number of Topliss-reactive ketones (excluding diaryl/α,β-unsaturated/α-hetero) is 1. The van der Waals surface area contributed by atoms with E-state index in [1.54, 1.807) is 7.11 Å². The predicted octanol–water partition coefficient (Wildman–Crippen LogP) is 2.98. The minimum atomic E-state index is -0.329. The van der Waals surface area contributed by atoms with Gasteiger partial charge in [0.25, 0.3) is 0 Å². The Hall–Kier alpha value is -1.09. The topological polar surface area (TPSA) is 31.2 Å². The van der Waals surface area contributed by atoms with Crippen LogP contribution in [0.4, 0.5) is 0 Å². The van der Waals surface area contributed by atoms with Crippen molar-refractivity contribution in [2.45, 2.75) is 41.2 Å². The van der Waals surface area contributed by atoms with E-state index in [2.05, 4.69) is 4.57 Å². The highest BCUT2D eigenvalue weighted by Crippen LogP contribution is 2.25. The van der Waals surface area contributed by atoms with E-state index < -0.39 is 0 Å². The second kappa shape index (κ2) is 5.05. The zero-order valence-corrected chi connectivity index (χ0v) is 11.8. The second-order valence-corrected chi connectivity index (χ2v) is 5.51. The summed E-state index contributed by atoms with van der Waals surface area (Å²) in [6, 6.07) is 1.98. The molecule has 3 nitrogen and oxygen atoms in total. The molecule has 96 valence electrons. The lowest BCUT2D eigenvalue weighted by atomic mass is 9.86. The van der Waals surface area contributed by atoms with Crippen molar-refractivity contribution in [2.75, 3.05) is 13.7 Å². The summed E-state index contributed by atoms with van der Waals surface area (Å²) >= 11 is 0. The van der Waals surface area contributed by atoms with Crippen molar-refractivity contribution in [3.8, 4) is 0 Å². The molecule has 0 aliphatic rings. The lowest BCUT2D eigenvalue weighted by molar-refractivity contribution is 0.0857. The van der Waals surface area contributed by atoms with Gasteiger partial charge in [0.2, 0.25) is 0 Å². The summed E-state index contributed by atoms with van der Waals surface area (Å²) in [7, 11) is 1.69. The van der Waals surface area contributed by atoms with E-state index in [0.29, 0.717) is 6.61 Å². The molecule has 1 rings (SSSR count). The van der Waals surface area contributed by atoms with Crippen LogP contribution in [-0.2, 0) is 11.3 Å². The molecule has 0 unspecified atom stereocenters. The summed E-state index contributed by atoms with van der Waals surface area (Å²) in [6.07, 6.45) is 0. The molecule has 0 atom stereocenters. The van der Waals surface area contributed by atoms with Crippen molar-refractivity contribution in [3.63, 3.8) is 0 Å². The standard InChI is InChI=1S/C14H23NO2/c1-10-9-12(13(16)14(3,4)5)11(2)15(10)7-8-17-6/h9H,7-8H2,1-6H3. The molecule has 0 aromatic carbocycles. The summed E-state index contributed by atoms with van der Waals surface area (Å²) in [5.41, 5.74) is 2.67. The Morgan fingerprint density at radius 1 is 1.35 bits per heavy atom. The van der Waals surface area contributed by atoms with Crippen LogP contribution in [0.1, 0.15) is 42.5 Å². The number of aromatic nitrogens is 1. The number of carbonyl (C=O) groups excluding carboxylic acids is 1. The van der Waals surface area contributed by atoms with Gasteiger partial charge in [-0.05, 0) is 19.9 Å². The molecule has 0 saturated carbocycles. The molecule has 0 radical (unpaired) electrons. The van der Waals surface area contributed by atoms with Crippen LogP contribution in [0.5, 0.6) is 0 Å². The number of ketones is 1. The first kappa shape index (κ1) is 14.0. The third-order valence-electron chi connectivity index (χ3n) is 3.02. The molecule has 3 heteroatoms. The van der Waals surface area contributed by atoms with Crippen LogP contribution in [0.2, 0.25) is 0 Å². The Bertz CT molecular complexity index is 411. The van der Waals surface area contributed by atoms with Gasteiger partial charge in [0.05, 0.1) is 6.61 Å². The van der Waals surface area contributed by atoms with Crippen LogP contribution >= 0.6 is 0 Å². The van der Waals surface area contributed by atoms with E-state index in [0.717, 1.165) is 23.5 Å². The fourth-order valence-corrected chi connectivity index (χ4v) is 1.96. The van der Waals surface area contributed by atoms with Gasteiger partial charge >= 0.3 is 0 Å². The molecule has 0 aliphatic heterocycles. The molecule has 0 saturated heterocycles. The fraction of sp³-hybridized carbons (Fsp3) is 0.643. The van der Waals surface area contributed by atoms with Crippen LogP contribution in [0.3, 0.4) is 0 Å². The van der Waals surface area contributed by atoms with Crippen LogP contribution < -0.4 is 0 Å². The minimum Gasteiger partial charge on any atom is -0.383 e. The van der Waals surface area contributed by atoms with Gasteiger partial charge in [-0.2, -0.15) is 0 Å². The minimum absolute atomic E-state index is 0.203. The van der Waals surface area contributed by atoms with Crippen molar-refractivity contribution >= 4 is 5.78 Å². The molecule has 0 bridgehead atoms. The Labute approximate surface area is 104 Å². The van der Waals surface area contributed by atoms with Gasteiger partial charge in [-0.15, -0.1) is 0 Å². The maximum absolute atomic E-state index is 12.3. The molecule has 0 fully saturated rings. The summed E-state index contributed by atoms with van der Waals surface area (Å²) < 4.78 is 7.23. The van der Waals surface area contributed by atoms with Gasteiger partial charge < -0.3 is 9.30 Å². The number of ether oxygens (including phenoxy) is 1. The van der Waals surface area contributed by atoms with E-state index >= 15 is 0 Å². The van der Waals surface area contributed by atoms with Crippen LogP contribution in [0.15, 0.2) is 6.07 Å². The Morgan fingerprint density at radius 3 is 2.41 bits per heavy atom. The zero-order valence-electron chi connectivity index (χ0n) is 11.8. The summed E-state index contributed by atoms with van der Waals surface area (Å²) in [6.45, 7) is 11.4. The van der Waals surface area contributed by atoms with Crippen LogP contribution in [0.25, 0.3) is 0 Å². The maximum Gasteiger partial charge on any atom is 0.169 e. The highest BCUT2D eigenvalue weighted by molar-refractivity contribution is 6.01. The fourth-order valence-electron chi connectivity index (χ4n) is 1.96. The van der Waals surface area contributed by atoms with Gasteiger partial charge in [-0.3, -0.25) is 4.79 Å². The molecule has 0 spiro atoms. The quantitative estimate of drug-likeness (QED) is 0.754. The van der Waals surface area contributed by atoms with Gasteiger partial charge in [-0.1, -0.05) is 20.8 Å². The van der Waals surface area contributed by atoms with Gasteiger partial charge in [-0.25, -0.2) is 0 Å². The number of nitrogens with zero attached hydrogens (tertiary/aromatic N) is 1. The van der Waals surface area contributed by atoms with E-state index in [1.807, 2.05) is 40.7 Å². The van der Waals surface area contributed by atoms with Gasteiger partial charge in [0.15, 0.2) is 5.78 Å². The highest BCUT2D eigenvalue weighted by Gasteiger charge is 2.26. The molecule has 1 heterocycles. The molecule has 1 aromatic rings. The molecule has 0 N–H and O–H groups in total. The van der Waals surface area contributed by atoms with E-state index in [-0.39, 0.29) is 11.2 Å². The SMILES string of the molecule is COCCn1c(C)cc(C(=O)C(C)(C)C)c1C. The Balaban J connectivity index is 3.08. The smallest absolute Gasteiger partial charge is 0.169 e. The number of hydrogen-bond acceptors (Lipinski definition) is 2. The number of rotatable bonds is 4. The van der Waals surface area contributed by atoms with Crippen molar-refractivity contribution in [1.82, 2.24) is 4.57 Å². The van der Waals surface area contributed by atoms with E-state index in [9.17, 15) is 4.79 Å². The van der Waals surface area contributed by atoms with Crippen LogP contribution in [-0.4, -0.2) is 24.1 Å². The lowest BCUT2D eigenvalue weighted by Crippen LogP contribution is -2.21. The lowest BCUT2D eigenvalue weighted by Gasteiger charge is -2.16. The van der Waals surface area contributed by atoms with Gasteiger partial charge in [0, 0.05) is 36.0 Å². The highest BCUT2D eigenvalue weighted by atomic mass is 16.5. The summed E-state index contributed by atoms with van der Waals surface area (Å²) in [5.74, 6) is 0.203. The van der Waals surface area contributed by atoms with E-state index in [4.69, 9.17) is 4.74 Å². The largest absolute Gasteiger partial charge is 0.383 e. The number of methoxy groups -OCH3 is 1. The maximum atomic E-state index is 12.3. The molecule has 0 aliphatic carbocycles. The average Bonchev–Trinajstić information content (AvgIpc) is 2.50. The molecule has 17 heavy (non-hydrogen) atoms. The van der Waals surface area contributed by atoms with Crippen molar-refractivity contribution < 1.29 is 9.53 Å². The zero-order chi connectivity index (χ0) is 13.2. The third kappa shape index (κ3) is 2.97. The summed E-state index contributed by atoms with van der Waals surface area (Å²) in [5, 5.41) is 0. The van der Waals surface area contributed by atoms with Crippen molar-refractivity contribution in [1.29, 1.82) is 0 Å². The first-order valence-corrected chi connectivity index (χ1v) is 5.99. The Kier molecular flexibility index (Phi) is 4.15. The molecule has 0 amide bonds. The molecule has 1 aromatic heterocycles. The first-order chi connectivity index (χ1) is 7.79. The Morgan fingerprint density at radius 2 is 1.94 bits per heavy atom. The van der Waals surface area contributed by atoms with E-state index in [1.165, 1.54) is 0 Å². The number of hydrogen-bond donors (Lipinski definition) is 0. The molecular weight excluding hydrogens is 214 g/mol. The number of carbonyl (C=O) groups is 1. The summed E-state index contributed by atoms with van der Waals surface area (Å²) in [4.78, 5) is 12.3. The predicted molar refractivity (Wildman–Crippen MR) is 69.6 cm³/mol. The van der Waals surface area contributed by atoms with Crippen LogP contribution in [0, 0.1) is 19.3 Å². The first-order valence-electron chi connectivity index (χ1n) is 5.99. The molecular formula is C14H23NO2. The van der Waals surface area contributed by atoms with Crippen molar-refractivity contribution in [2.24, 2.45) is 5.41 Å².